The number of ether oxygens (including phenoxy) is 2. The van der Waals surface area contributed by atoms with Crippen molar-refractivity contribution in [3.8, 4) is 5.75 Å². The van der Waals surface area contributed by atoms with Gasteiger partial charge in [-0.3, -0.25) is 0 Å². The van der Waals surface area contributed by atoms with Gasteiger partial charge in [-0.25, -0.2) is 4.79 Å². The number of benzene rings is 1. The van der Waals surface area contributed by atoms with Gasteiger partial charge in [-0.15, -0.1) is 0 Å². The highest BCUT2D eigenvalue weighted by Gasteiger charge is 2.23. The van der Waals surface area contributed by atoms with E-state index in [2.05, 4.69) is 5.48 Å². The molecule has 0 saturated heterocycles. The van der Waals surface area contributed by atoms with Crippen molar-refractivity contribution in [2.24, 2.45) is 0 Å². The van der Waals surface area contributed by atoms with Crippen LogP contribution >= 0.6 is 0 Å². The second-order valence-corrected chi connectivity index (χ2v) is 4.99. The Kier molecular flexibility index (Phi) is 4.98. The van der Waals surface area contributed by atoms with Gasteiger partial charge in [0.1, 0.15) is 0 Å². The highest BCUT2D eigenvalue weighted by molar-refractivity contribution is 5.75. The Morgan fingerprint density at radius 3 is 2.95 bits per heavy atom. The summed E-state index contributed by atoms with van der Waals surface area (Å²) in [6.07, 6.45) is -0.0864. The Bertz CT molecular complexity index is 473. The highest BCUT2D eigenvalue weighted by atomic mass is 16.7. The molecule has 0 bridgehead atoms. The number of fused-ring (bicyclic) bond motifs is 1. The smallest absolute Gasteiger partial charge is 0.335 e. The van der Waals surface area contributed by atoms with Crippen molar-refractivity contribution in [3.63, 3.8) is 0 Å². The zero-order chi connectivity index (χ0) is 14.5. The quantitative estimate of drug-likeness (QED) is 0.807. The number of rotatable bonds is 6. The molecule has 0 aromatic heterocycles. The Labute approximate surface area is 119 Å². The van der Waals surface area contributed by atoms with Crippen molar-refractivity contribution in [3.05, 3.63) is 29.3 Å². The molecule has 1 aromatic carbocycles. The average molecular weight is 279 g/mol. The topological polar surface area (TPSA) is 56.8 Å². The van der Waals surface area contributed by atoms with Crippen LogP contribution in [0.25, 0.3) is 0 Å². The standard InChI is InChI=1S/C15H21NO4/c1-4-18-15(17)14(19-10(2)3)8-11-5-6-13-12(7-11)9-16-20-13/h5-7,10,14,16H,4,8-9H2,1-3H3. The molecule has 1 N–H and O–H groups in total. The van der Waals surface area contributed by atoms with Crippen molar-refractivity contribution in [1.29, 1.82) is 0 Å². The van der Waals surface area contributed by atoms with Gasteiger partial charge in [-0.05, 0) is 32.4 Å². The van der Waals surface area contributed by atoms with Crippen LogP contribution in [0.1, 0.15) is 31.9 Å². The number of hydrogen-bond donors (Lipinski definition) is 1. The molecule has 0 aliphatic carbocycles. The maximum Gasteiger partial charge on any atom is 0.335 e. The number of nitrogens with one attached hydrogen (secondary N) is 1. The summed E-state index contributed by atoms with van der Waals surface area (Å²) in [5.74, 6) is 0.530. The van der Waals surface area contributed by atoms with Gasteiger partial charge in [-0.1, -0.05) is 12.1 Å². The first kappa shape index (κ1) is 14.8. The Hall–Kier alpha value is -1.59. The second-order valence-electron chi connectivity index (χ2n) is 4.99. The largest absolute Gasteiger partial charge is 0.464 e. The number of carbonyl (C=O) groups excluding carboxylic acids is 1. The first-order valence-corrected chi connectivity index (χ1v) is 6.93. The third kappa shape index (κ3) is 3.71. The van der Waals surface area contributed by atoms with Gasteiger partial charge < -0.3 is 14.3 Å². The van der Waals surface area contributed by atoms with Gasteiger partial charge in [0.15, 0.2) is 11.9 Å². The van der Waals surface area contributed by atoms with Crippen molar-refractivity contribution >= 4 is 5.97 Å². The first-order valence-electron chi connectivity index (χ1n) is 6.93. The van der Waals surface area contributed by atoms with Crippen LogP contribution in [-0.4, -0.2) is 24.8 Å². The van der Waals surface area contributed by atoms with Crippen LogP contribution in [-0.2, 0) is 27.2 Å². The summed E-state index contributed by atoms with van der Waals surface area (Å²) in [6, 6.07) is 5.88. The van der Waals surface area contributed by atoms with Crippen LogP contribution in [0.15, 0.2) is 18.2 Å². The Morgan fingerprint density at radius 2 is 2.25 bits per heavy atom. The molecule has 1 aliphatic rings. The summed E-state index contributed by atoms with van der Waals surface area (Å²) in [4.78, 5) is 17.2. The molecule has 1 aromatic rings. The zero-order valence-electron chi connectivity index (χ0n) is 12.1. The maximum atomic E-state index is 11.9. The molecule has 0 fully saturated rings. The summed E-state index contributed by atoms with van der Waals surface area (Å²) in [5, 5.41) is 0. The van der Waals surface area contributed by atoms with Crippen molar-refractivity contribution in [2.45, 2.75) is 45.9 Å². The molecule has 1 heterocycles. The number of hydroxylamine groups is 1. The Morgan fingerprint density at radius 1 is 1.45 bits per heavy atom. The van der Waals surface area contributed by atoms with E-state index in [9.17, 15) is 4.79 Å². The molecule has 0 amide bonds. The lowest BCUT2D eigenvalue weighted by Crippen LogP contribution is -2.31. The SMILES string of the molecule is CCOC(=O)C(Cc1ccc2c(c1)CNO2)OC(C)C. The molecular weight excluding hydrogens is 258 g/mol. The van der Waals surface area contributed by atoms with E-state index in [1.807, 2.05) is 32.0 Å². The van der Waals surface area contributed by atoms with E-state index < -0.39 is 6.10 Å². The molecule has 5 heteroatoms. The van der Waals surface area contributed by atoms with E-state index in [1.165, 1.54) is 0 Å². The monoisotopic (exact) mass is 279 g/mol. The van der Waals surface area contributed by atoms with E-state index >= 15 is 0 Å². The minimum absolute atomic E-state index is 0.0242. The molecule has 110 valence electrons. The number of esters is 1. The van der Waals surface area contributed by atoms with Gasteiger partial charge in [0.25, 0.3) is 0 Å². The highest BCUT2D eigenvalue weighted by Crippen LogP contribution is 2.24. The third-order valence-corrected chi connectivity index (χ3v) is 2.98. The molecule has 0 radical (unpaired) electrons. The van der Waals surface area contributed by atoms with Crippen molar-refractivity contribution in [1.82, 2.24) is 5.48 Å². The summed E-state index contributed by atoms with van der Waals surface area (Å²) in [5.41, 5.74) is 4.95. The fourth-order valence-electron chi connectivity index (χ4n) is 2.15. The molecule has 2 rings (SSSR count). The van der Waals surface area contributed by atoms with Crippen LogP contribution < -0.4 is 10.3 Å². The van der Waals surface area contributed by atoms with Crippen LogP contribution in [0.4, 0.5) is 0 Å². The molecular formula is C15H21NO4. The van der Waals surface area contributed by atoms with E-state index in [0.717, 1.165) is 16.9 Å². The fraction of sp³-hybridized carbons (Fsp3) is 0.533. The maximum absolute atomic E-state index is 11.9. The first-order chi connectivity index (χ1) is 9.60. The molecule has 20 heavy (non-hydrogen) atoms. The van der Waals surface area contributed by atoms with Crippen molar-refractivity contribution in [2.75, 3.05) is 6.61 Å². The van der Waals surface area contributed by atoms with E-state index in [1.54, 1.807) is 6.92 Å². The third-order valence-electron chi connectivity index (χ3n) is 2.98. The zero-order valence-corrected chi connectivity index (χ0v) is 12.1. The molecule has 1 atom stereocenters. The fourth-order valence-corrected chi connectivity index (χ4v) is 2.15. The van der Waals surface area contributed by atoms with E-state index in [4.69, 9.17) is 14.3 Å². The molecule has 0 saturated carbocycles. The van der Waals surface area contributed by atoms with Crippen molar-refractivity contribution < 1.29 is 19.1 Å². The predicted octanol–water partition coefficient (Wildman–Crippen LogP) is 1.98. The number of hydrogen-bond acceptors (Lipinski definition) is 5. The normalized spacial score (nSPS) is 14.8. The predicted molar refractivity (Wildman–Crippen MR) is 74.3 cm³/mol. The summed E-state index contributed by atoms with van der Waals surface area (Å²) in [7, 11) is 0. The molecule has 1 aliphatic heterocycles. The summed E-state index contributed by atoms with van der Waals surface area (Å²) in [6.45, 7) is 6.65. The average Bonchev–Trinajstić information content (AvgIpc) is 2.85. The van der Waals surface area contributed by atoms with Crippen LogP contribution in [0.5, 0.6) is 5.75 Å². The lowest BCUT2D eigenvalue weighted by atomic mass is 10.0. The number of carbonyl (C=O) groups is 1. The minimum atomic E-state index is -0.566. The minimum Gasteiger partial charge on any atom is -0.464 e. The van der Waals surface area contributed by atoms with Gasteiger partial charge in [0.2, 0.25) is 0 Å². The van der Waals surface area contributed by atoms with E-state index in [-0.39, 0.29) is 12.1 Å². The summed E-state index contributed by atoms with van der Waals surface area (Å²) >= 11 is 0. The molecule has 0 spiro atoms. The van der Waals surface area contributed by atoms with Crippen LogP contribution in [0.2, 0.25) is 0 Å². The lowest BCUT2D eigenvalue weighted by Gasteiger charge is -2.19. The second kappa shape index (κ2) is 6.72. The van der Waals surface area contributed by atoms with Gasteiger partial charge in [0.05, 0.1) is 19.3 Å². The van der Waals surface area contributed by atoms with Gasteiger partial charge in [-0.2, -0.15) is 5.48 Å². The summed E-state index contributed by atoms with van der Waals surface area (Å²) < 4.78 is 10.7. The van der Waals surface area contributed by atoms with Gasteiger partial charge in [0, 0.05) is 12.0 Å². The molecule has 5 nitrogen and oxygen atoms in total. The van der Waals surface area contributed by atoms with E-state index in [0.29, 0.717) is 19.6 Å². The van der Waals surface area contributed by atoms with Gasteiger partial charge >= 0.3 is 5.97 Å². The lowest BCUT2D eigenvalue weighted by molar-refractivity contribution is -0.159. The van der Waals surface area contributed by atoms with Crippen LogP contribution in [0, 0.1) is 0 Å². The Balaban J connectivity index is 2.08. The van der Waals surface area contributed by atoms with Crippen LogP contribution in [0.3, 0.4) is 0 Å². The molecule has 1 unspecified atom stereocenters.